The van der Waals surface area contributed by atoms with Crippen molar-refractivity contribution in [2.45, 2.75) is 6.92 Å². The number of fused-ring (bicyclic) bond motifs is 1. The first-order chi connectivity index (χ1) is 10.5. The number of hydrogen-bond donors (Lipinski definition) is 2. The van der Waals surface area contributed by atoms with Crippen LogP contribution in [0.5, 0.6) is 5.75 Å². The molecule has 2 aromatic carbocycles. The molecule has 0 spiro atoms. The lowest BCUT2D eigenvalue weighted by Gasteiger charge is -2.13. The van der Waals surface area contributed by atoms with Crippen LogP contribution in [0.3, 0.4) is 0 Å². The molecule has 22 heavy (non-hydrogen) atoms. The molecule has 0 saturated carbocycles. The summed E-state index contributed by atoms with van der Waals surface area (Å²) in [6, 6.07) is 11.1. The van der Waals surface area contributed by atoms with Crippen molar-refractivity contribution in [3.8, 4) is 11.4 Å². The van der Waals surface area contributed by atoms with Crippen LogP contribution in [0, 0.1) is 6.92 Å². The van der Waals surface area contributed by atoms with Gasteiger partial charge in [0.15, 0.2) is 5.75 Å². The van der Waals surface area contributed by atoms with E-state index in [0.717, 1.165) is 0 Å². The van der Waals surface area contributed by atoms with Gasteiger partial charge in [0.2, 0.25) is 0 Å². The molecule has 0 radical (unpaired) electrons. The molecule has 6 heteroatoms. The fraction of sp³-hybridized carbons (Fsp3) is 0.0625. The fourth-order valence-corrected chi connectivity index (χ4v) is 2.41. The number of carboxylic acids is 1. The van der Waals surface area contributed by atoms with E-state index in [-0.39, 0.29) is 16.8 Å². The highest BCUT2D eigenvalue weighted by Gasteiger charge is 2.17. The number of carbonyl (C=O) groups is 1. The van der Waals surface area contributed by atoms with Gasteiger partial charge in [-0.1, -0.05) is 18.2 Å². The lowest BCUT2D eigenvalue weighted by Crippen LogP contribution is -2.22. The topological polar surface area (TPSA) is 92.4 Å². The summed E-state index contributed by atoms with van der Waals surface area (Å²) in [6.07, 6.45) is 0. The van der Waals surface area contributed by atoms with Crippen LogP contribution < -0.4 is 5.56 Å². The molecule has 1 heterocycles. The molecule has 0 aliphatic rings. The zero-order chi connectivity index (χ0) is 15.9. The van der Waals surface area contributed by atoms with E-state index < -0.39 is 11.7 Å². The van der Waals surface area contributed by atoms with Gasteiger partial charge in [-0.05, 0) is 31.2 Å². The quantitative estimate of drug-likeness (QED) is 0.755. The van der Waals surface area contributed by atoms with Crippen molar-refractivity contribution in [1.29, 1.82) is 0 Å². The van der Waals surface area contributed by atoms with E-state index in [1.54, 1.807) is 31.2 Å². The van der Waals surface area contributed by atoms with Crippen LogP contribution in [-0.4, -0.2) is 25.7 Å². The van der Waals surface area contributed by atoms with Crippen LogP contribution in [0.4, 0.5) is 0 Å². The molecule has 0 atom stereocenters. The van der Waals surface area contributed by atoms with Crippen molar-refractivity contribution >= 4 is 16.9 Å². The minimum atomic E-state index is -1.26. The van der Waals surface area contributed by atoms with Crippen molar-refractivity contribution in [3.63, 3.8) is 0 Å². The predicted octanol–water partition coefficient (Wildman–Crippen LogP) is 2.10. The lowest BCUT2D eigenvalue weighted by atomic mass is 10.1. The van der Waals surface area contributed by atoms with Crippen LogP contribution in [0.15, 0.2) is 47.3 Å². The summed E-state index contributed by atoms with van der Waals surface area (Å²) in [7, 11) is 0. The lowest BCUT2D eigenvalue weighted by molar-refractivity contribution is 0.0693. The maximum absolute atomic E-state index is 12.6. The molecule has 0 amide bonds. The van der Waals surface area contributed by atoms with Crippen LogP contribution >= 0.6 is 0 Å². The Labute approximate surface area is 124 Å². The minimum absolute atomic E-state index is 0.0978. The van der Waals surface area contributed by atoms with Gasteiger partial charge in [0, 0.05) is 0 Å². The number of hydrogen-bond acceptors (Lipinski definition) is 4. The van der Waals surface area contributed by atoms with E-state index >= 15 is 0 Å². The number of aromatic nitrogens is 2. The zero-order valence-corrected chi connectivity index (χ0v) is 11.6. The molecule has 0 fully saturated rings. The number of nitrogens with zero attached hydrogens (tertiary/aromatic N) is 2. The Balaban J connectivity index is 2.39. The van der Waals surface area contributed by atoms with Gasteiger partial charge in [0.05, 0.1) is 16.6 Å². The first kappa shape index (κ1) is 13.8. The SMILES string of the molecule is Cc1nc2ccccc2c(=O)n1-c1cccc(C(=O)O)c1O. The zero-order valence-electron chi connectivity index (χ0n) is 11.6. The minimum Gasteiger partial charge on any atom is -0.505 e. The second-order valence-electron chi connectivity index (χ2n) is 4.80. The van der Waals surface area contributed by atoms with Crippen LogP contribution in [0.25, 0.3) is 16.6 Å². The molecule has 0 unspecified atom stereocenters. The summed E-state index contributed by atoms with van der Waals surface area (Å²) >= 11 is 0. The molecule has 0 bridgehead atoms. The highest BCUT2D eigenvalue weighted by atomic mass is 16.4. The van der Waals surface area contributed by atoms with Crippen LogP contribution in [0.1, 0.15) is 16.2 Å². The molecule has 0 aliphatic heterocycles. The highest BCUT2D eigenvalue weighted by molar-refractivity contribution is 5.92. The van der Waals surface area contributed by atoms with Gasteiger partial charge in [0.25, 0.3) is 5.56 Å². The van der Waals surface area contributed by atoms with Crippen molar-refractivity contribution in [3.05, 3.63) is 64.2 Å². The average molecular weight is 296 g/mol. The smallest absolute Gasteiger partial charge is 0.339 e. The Bertz CT molecular complexity index is 960. The van der Waals surface area contributed by atoms with E-state index in [2.05, 4.69) is 4.98 Å². The largest absolute Gasteiger partial charge is 0.505 e. The Kier molecular flexibility index (Phi) is 3.14. The number of aryl methyl sites for hydroxylation is 1. The fourth-order valence-electron chi connectivity index (χ4n) is 2.41. The predicted molar refractivity (Wildman–Crippen MR) is 80.7 cm³/mol. The number of aromatic carboxylic acids is 1. The van der Waals surface area contributed by atoms with Gasteiger partial charge in [-0.15, -0.1) is 0 Å². The molecule has 0 aliphatic carbocycles. The van der Waals surface area contributed by atoms with E-state index in [4.69, 9.17) is 5.11 Å². The molecule has 3 rings (SSSR count). The van der Waals surface area contributed by atoms with Crippen LogP contribution in [-0.2, 0) is 0 Å². The van der Waals surface area contributed by atoms with E-state index in [1.807, 2.05) is 0 Å². The number of rotatable bonds is 2. The Morgan fingerprint density at radius 2 is 1.86 bits per heavy atom. The molecule has 3 aromatic rings. The standard InChI is InChI=1S/C16H12N2O4/c1-9-17-12-7-3-2-5-10(12)15(20)18(9)13-8-4-6-11(14(13)19)16(21)22/h2-8,19H,1H3,(H,21,22). The third-order valence-electron chi connectivity index (χ3n) is 3.43. The molecular formula is C16H12N2O4. The van der Waals surface area contributed by atoms with Gasteiger partial charge < -0.3 is 10.2 Å². The van der Waals surface area contributed by atoms with Gasteiger partial charge in [-0.3, -0.25) is 9.36 Å². The summed E-state index contributed by atoms with van der Waals surface area (Å²) < 4.78 is 1.21. The third kappa shape index (κ3) is 2.01. The monoisotopic (exact) mass is 296 g/mol. The van der Waals surface area contributed by atoms with E-state index in [9.17, 15) is 14.7 Å². The average Bonchev–Trinajstić information content (AvgIpc) is 2.48. The molecule has 6 nitrogen and oxygen atoms in total. The normalized spacial score (nSPS) is 10.8. The van der Waals surface area contributed by atoms with Gasteiger partial charge in [0.1, 0.15) is 11.4 Å². The first-order valence-electron chi connectivity index (χ1n) is 6.54. The number of carboxylic acid groups (broad SMARTS) is 1. The Hall–Kier alpha value is -3.15. The van der Waals surface area contributed by atoms with E-state index in [1.165, 1.54) is 22.8 Å². The summed E-state index contributed by atoms with van der Waals surface area (Å²) in [6.45, 7) is 1.63. The van der Waals surface area contributed by atoms with E-state index in [0.29, 0.717) is 16.7 Å². The van der Waals surface area contributed by atoms with Crippen molar-refractivity contribution in [2.24, 2.45) is 0 Å². The molecule has 0 saturated heterocycles. The molecular weight excluding hydrogens is 284 g/mol. The summed E-state index contributed by atoms with van der Waals surface area (Å²) in [4.78, 5) is 28.1. The third-order valence-corrected chi connectivity index (χ3v) is 3.43. The molecule has 1 aromatic heterocycles. The van der Waals surface area contributed by atoms with Gasteiger partial charge >= 0.3 is 5.97 Å². The second kappa shape index (κ2) is 5.00. The second-order valence-corrected chi connectivity index (χ2v) is 4.80. The highest BCUT2D eigenvalue weighted by Crippen LogP contribution is 2.26. The number of benzene rings is 2. The first-order valence-corrected chi connectivity index (χ1v) is 6.54. The maximum atomic E-state index is 12.6. The van der Waals surface area contributed by atoms with Crippen molar-refractivity contribution in [1.82, 2.24) is 9.55 Å². The van der Waals surface area contributed by atoms with Gasteiger partial charge in [-0.2, -0.15) is 0 Å². The van der Waals surface area contributed by atoms with Gasteiger partial charge in [-0.25, -0.2) is 9.78 Å². The maximum Gasteiger partial charge on any atom is 0.339 e. The number of para-hydroxylation sites is 2. The number of phenols is 1. The summed E-state index contributed by atoms with van der Waals surface area (Å²) in [5.41, 5.74) is 0.0219. The molecule has 110 valence electrons. The summed E-state index contributed by atoms with van der Waals surface area (Å²) in [5.74, 6) is -1.36. The number of aromatic hydroxyl groups is 1. The molecule has 2 N–H and O–H groups in total. The van der Waals surface area contributed by atoms with Crippen LogP contribution in [0.2, 0.25) is 0 Å². The summed E-state index contributed by atoms with van der Waals surface area (Å²) in [5, 5.41) is 19.6. The van der Waals surface area contributed by atoms with Crippen molar-refractivity contribution in [2.75, 3.05) is 0 Å². The Morgan fingerprint density at radius 1 is 1.14 bits per heavy atom. The Morgan fingerprint density at radius 3 is 2.59 bits per heavy atom. The van der Waals surface area contributed by atoms with Crippen molar-refractivity contribution < 1.29 is 15.0 Å².